The number of amides is 1. The van der Waals surface area contributed by atoms with Crippen molar-refractivity contribution in [1.82, 2.24) is 9.62 Å². The van der Waals surface area contributed by atoms with Gasteiger partial charge in [0.05, 0.1) is 11.7 Å². The van der Waals surface area contributed by atoms with Crippen LogP contribution in [-0.4, -0.2) is 62.5 Å². The Morgan fingerprint density at radius 2 is 2.14 bits per heavy atom. The standard InChI is InChI=1S/C19H24N2O6S2/c1-13-16(17(22)20-12-14-4-2-10-26-14)19(27-18(13)23)6-8-21(9-7-19)29(24,25)15-5-3-11-28-15/h3,5,11,14H,2,4,6-10,12H2,1H3,(H,20,22). The normalized spacial score (nSPS) is 24.9. The fraction of sp³-hybridized carbons (Fsp3) is 0.579. The van der Waals surface area contributed by atoms with Gasteiger partial charge in [-0.05, 0) is 31.2 Å². The lowest BCUT2D eigenvalue weighted by Gasteiger charge is -2.38. The van der Waals surface area contributed by atoms with Gasteiger partial charge in [0.15, 0.2) is 0 Å². The summed E-state index contributed by atoms with van der Waals surface area (Å²) in [6, 6.07) is 3.28. The predicted molar refractivity (Wildman–Crippen MR) is 106 cm³/mol. The van der Waals surface area contributed by atoms with Crippen LogP contribution in [0.15, 0.2) is 32.9 Å². The Hall–Kier alpha value is -1.75. The first-order valence-corrected chi connectivity index (χ1v) is 12.0. The molecule has 1 spiro atoms. The van der Waals surface area contributed by atoms with E-state index in [4.69, 9.17) is 9.47 Å². The highest BCUT2D eigenvalue weighted by Gasteiger charge is 2.52. The number of hydrogen-bond donors (Lipinski definition) is 1. The Morgan fingerprint density at radius 1 is 1.38 bits per heavy atom. The molecule has 0 radical (unpaired) electrons. The molecule has 4 rings (SSSR count). The van der Waals surface area contributed by atoms with Crippen LogP contribution < -0.4 is 5.32 Å². The van der Waals surface area contributed by atoms with Gasteiger partial charge in [-0.1, -0.05) is 6.07 Å². The third kappa shape index (κ3) is 3.74. The third-order valence-electron chi connectivity index (χ3n) is 5.79. The molecule has 1 aromatic heterocycles. The second-order valence-corrected chi connectivity index (χ2v) is 10.7. The van der Waals surface area contributed by atoms with Gasteiger partial charge in [0.1, 0.15) is 9.81 Å². The summed E-state index contributed by atoms with van der Waals surface area (Å²) in [6.45, 7) is 3.04. The molecule has 2 saturated heterocycles. The molecule has 0 saturated carbocycles. The second-order valence-electron chi connectivity index (χ2n) is 7.57. The quantitative estimate of drug-likeness (QED) is 0.695. The van der Waals surface area contributed by atoms with E-state index in [1.54, 1.807) is 24.4 Å². The molecule has 1 N–H and O–H groups in total. The first-order chi connectivity index (χ1) is 13.8. The van der Waals surface area contributed by atoms with Crippen LogP contribution in [0.2, 0.25) is 0 Å². The minimum atomic E-state index is -3.57. The van der Waals surface area contributed by atoms with Crippen molar-refractivity contribution in [1.29, 1.82) is 0 Å². The molecule has 3 aliphatic rings. The van der Waals surface area contributed by atoms with Crippen LogP contribution >= 0.6 is 11.3 Å². The molecule has 1 amide bonds. The molecule has 1 atom stereocenters. The second kappa shape index (κ2) is 7.82. The molecule has 0 aliphatic carbocycles. The zero-order chi connectivity index (χ0) is 20.6. The zero-order valence-corrected chi connectivity index (χ0v) is 17.8. The highest BCUT2D eigenvalue weighted by molar-refractivity contribution is 7.91. The number of esters is 1. The molecular formula is C19H24N2O6S2. The average Bonchev–Trinajstić information content (AvgIpc) is 3.43. The van der Waals surface area contributed by atoms with Gasteiger partial charge < -0.3 is 14.8 Å². The smallest absolute Gasteiger partial charge is 0.335 e. The van der Waals surface area contributed by atoms with Crippen molar-refractivity contribution in [3.05, 3.63) is 28.7 Å². The van der Waals surface area contributed by atoms with Crippen LogP contribution in [0.4, 0.5) is 0 Å². The molecule has 10 heteroatoms. The molecular weight excluding hydrogens is 416 g/mol. The van der Waals surface area contributed by atoms with Crippen molar-refractivity contribution in [3.8, 4) is 0 Å². The van der Waals surface area contributed by atoms with Crippen LogP contribution in [0, 0.1) is 0 Å². The summed E-state index contributed by atoms with van der Waals surface area (Å²) < 4.78 is 38.4. The number of carbonyl (C=O) groups excluding carboxylic acids is 2. The topological polar surface area (TPSA) is 102 Å². The minimum Gasteiger partial charge on any atom is -0.450 e. The molecule has 8 nitrogen and oxygen atoms in total. The average molecular weight is 441 g/mol. The van der Waals surface area contributed by atoms with Gasteiger partial charge in [0.2, 0.25) is 0 Å². The van der Waals surface area contributed by atoms with Crippen LogP contribution in [0.5, 0.6) is 0 Å². The predicted octanol–water partition coefficient (Wildman–Crippen LogP) is 1.44. The maximum absolute atomic E-state index is 12.9. The Balaban J connectivity index is 1.48. The number of piperidine rings is 1. The van der Waals surface area contributed by atoms with Gasteiger partial charge in [-0.3, -0.25) is 4.79 Å². The van der Waals surface area contributed by atoms with Crippen LogP contribution in [-0.2, 0) is 29.1 Å². The van der Waals surface area contributed by atoms with Crippen molar-refractivity contribution >= 4 is 33.2 Å². The summed E-state index contributed by atoms with van der Waals surface area (Å²) in [5.41, 5.74) is -0.443. The van der Waals surface area contributed by atoms with Crippen molar-refractivity contribution in [2.45, 2.75) is 48.5 Å². The van der Waals surface area contributed by atoms with Crippen molar-refractivity contribution in [3.63, 3.8) is 0 Å². The van der Waals surface area contributed by atoms with Gasteiger partial charge in [-0.25, -0.2) is 13.2 Å². The number of thiophene rings is 1. The molecule has 4 heterocycles. The van der Waals surface area contributed by atoms with E-state index in [1.807, 2.05) is 0 Å². The lowest BCUT2D eigenvalue weighted by atomic mass is 9.83. The lowest BCUT2D eigenvalue weighted by Crippen LogP contribution is -2.50. The number of sulfonamides is 1. The Bertz CT molecular complexity index is 924. The van der Waals surface area contributed by atoms with Gasteiger partial charge >= 0.3 is 5.97 Å². The van der Waals surface area contributed by atoms with E-state index in [9.17, 15) is 18.0 Å². The molecule has 0 aromatic carbocycles. The van der Waals surface area contributed by atoms with E-state index in [0.717, 1.165) is 12.8 Å². The highest BCUT2D eigenvalue weighted by atomic mass is 32.2. The molecule has 29 heavy (non-hydrogen) atoms. The molecule has 3 aliphatic heterocycles. The molecule has 2 fully saturated rings. The Kier molecular flexibility index (Phi) is 5.54. The summed E-state index contributed by atoms with van der Waals surface area (Å²) in [5.74, 6) is -0.847. The fourth-order valence-electron chi connectivity index (χ4n) is 4.20. The largest absolute Gasteiger partial charge is 0.450 e. The monoisotopic (exact) mass is 440 g/mol. The summed E-state index contributed by atoms with van der Waals surface area (Å²) in [6.07, 6.45) is 2.37. The Labute approximate surface area is 173 Å². The van der Waals surface area contributed by atoms with E-state index in [-0.39, 0.29) is 42.2 Å². The molecule has 158 valence electrons. The van der Waals surface area contributed by atoms with Crippen LogP contribution in [0.1, 0.15) is 32.6 Å². The maximum Gasteiger partial charge on any atom is 0.335 e. The highest BCUT2D eigenvalue weighted by Crippen LogP contribution is 2.42. The summed E-state index contributed by atoms with van der Waals surface area (Å²) >= 11 is 1.17. The van der Waals surface area contributed by atoms with Crippen molar-refractivity contribution in [2.24, 2.45) is 0 Å². The first kappa shape index (κ1) is 20.5. The van der Waals surface area contributed by atoms with Gasteiger partial charge in [-0.2, -0.15) is 4.31 Å². The van der Waals surface area contributed by atoms with E-state index in [1.165, 1.54) is 15.6 Å². The van der Waals surface area contributed by atoms with Gasteiger partial charge in [0.25, 0.3) is 15.9 Å². The van der Waals surface area contributed by atoms with E-state index >= 15 is 0 Å². The number of rotatable bonds is 5. The number of nitrogens with one attached hydrogen (secondary N) is 1. The lowest BCUT2D eigenvalue weighted by molar-refractivity contribution is -0.150. The van der Waals surface area contributed by atoms with E-state index < -0.39 is 21.6 Å². The Morgan fingerprint density at radius 3 is 2.76 bits per heavy atom. The van der Waals surface area contributed by atoms with E-state index in [2.05, 4.69) is 5.32 Å². The van der Waals surface area contributed by atoms with Crippen molar-refractivity contribution < 1.29 is 27.5 Å². The maximum atomic E-state index is 12.9. The zero-order valence-electron chi connectivity index (χ0n) is 16.2. The summed E-state index contributed by atoms with van der Waals surface area (Å²) in [5, 5.41) is 4.59. The number of ether oxygens (including phenoxy) is 2. The van der Waals surface area contributed by atoms with Crippen molar-refractivity contribution in [2.75, 3.05) is 26.2 Å². The van der Waals surface area contributed by atoms with Gasteiger partial charge in [-0.15, -0.1) is 11.3 Å². The minimum absolute atomic E-state index is 0.00776. The summed E-state index contributed by atoms with van der Waals surface area (Å²) in [7, 11) is -3.57. The van der Waals surface area contributed by atoms with Gasteiger partial charge in [0, 0.05) is 44.7 Å². The third-order valence-corrected chi connectivity index (χ3v) is 9.06. The molecule has 1 unspecified atom stereocenters. The first-order valence-electron chi connectivity index (χ1n) is 9.72. The molecule has 0 bridgehead atoms. The fourth-order valence-corrected chi connectivity index (χ4v) is 6.79. The van der Waals surface area contributed by atoms with Crippen LogP contribution in [0.3, 0.4) is 0 Å². The SMILES string of the molecule is CC1=C(C(=O)NCC2CCCO2)C2(CCN(S(=O)(=O)c3cccs3)CC2)OC1=O. The number of nitrogens with zero attached hydrogens (tertiary/aromatic N) is 1. The van der Waals surface area contributed by atoms with Crippen LogP contribution in [0.25, 0.3) is 0 Å². The number of carbonyl (C=O) groups is 2. The molecule has 1 aromatic rings. The number of hydrogen-bond acceptors (Lipinski definition) is 7. The van der Waals surface area contributed by atoms with E-state index in [0.29, 0.717) is 24.3 Å². The summed E-state index contributed by atoms with van der Waals surface area (Å²) in [4.78, 5) is 25.2.